The number of hydrogen-bond acceptors (Lipinski definition) is 3. The van der Waals surface area contributed by atoms with Crippen molar-refractivity contribution < 1.29 is 4.79 Å². The second kappa shape index (κ2) is 8.51. The number of thiophene rings is 1. The number of carbonyl (C=O) groups excluding carboxylic acids is 1. The lowest BCUT2D eigenvalue weighted by Crippen LogP contribution is -2.42. The van der Waals surface area contributed by atoms with Crippen molar-refractivity contribution in [2.45, 2.75) is 38.1 Å². The third kappa shape index (κ3) is 5.38. The maximum absolute atomic E-state index is 11.7. The molecule has 2 N–H and O–H groups in total. The normalized spacial score (nSPS) is 16.0. The van der Waals surface area contributed by atoms with Gasteiger partial charge in [-0.2, -0.15) is 0 Å². The molecule has 0 bridgehead atoms. The molecule has 5 heteroatoms. The molecule has 1 amide bonds. The van der Waals surface area contributed by atoms with E-state index in [1.807, 2.05) is 0 Å². The monoisotopic (exact) mass is 288 g/mol. The summed E-state index contributed by atoms with van der Waals surface area (Å²) < 4.78 is 0. The maximum Gasteiger partial charge on any atom is 0.220 e. The van der Waals surface area contributed by atoms with Crippen LogP contribution >= 0.6 is 23.7 Å². The average molecular weight is 289 g/mol. The van der Waals surface area contributed by atoms with Crippen LogP contribution in [-0.2, 0) is 11.2 Å². The van der Waals surface area contributed by atoms with Crippen LogP contribution in [0.1, 0.15) is 30.6 Å². The highest BCUT2D eigenvalue weighted by Crippen LogP contribution is 2.12. The molecule has 0 unspecified atom stereocenters. The Morgan fingerprint density at radius 2 is 2.22 bits per heavy atom. The minimum Gasteiger partial charge on any atom is -0.353 e. The lowest BCUT2D eigenvalue weighted by molar-refractivity contribution is -0.122. The van der Waals surface area contributed by atoms with Crippen molar-refractivity contribution in [1.29, 1.82) is 0 Å². The topological polar surface area (TPSA) is 41.1 Å². The largest absolute Gasteiger partial charge is 0.353 e. The molecule has 2 heterocycles. The highest BCUT2D eigenvalue weighted by Gasteiger charge is 2.14. The number of piperidine rings is 1. The fourth-order valence-electron chi connectivity index (χ4n) is 2.14. The van der Waals surface area contributed by atoms with Crippen LogP contribution in [0.4, 0.5) is 0 Å². The van der Waals surface area contributed by atoms with E-state index in [1.54, 1.807) is 11.3 Å². The van der Waals surface area contributed by atoms with Crippen LogP contribution in [0.5, 0.6) is 0 Å². The van der Waals surface area contributed by atoms with Crippen LogP contribution < -0.4 is 10.6 Å². The van der Waals surface area contributed by atoms with Crippen LogP contribution in [-0.4, -0.2) is 25.0 Å². The van der Waals surface area contributed by atoms with Crippen molar-refractivity contribution in [2.24, 2.45) is 0 Å². The Labute approximate surface area is 119 Å². The van der Waals surface area contributed by atoms with Crippen molar-refractivity contribution in [3.8, 4) is 0 Å². The summed E-state index contributed by atoms with van der Waals surface area (Å²) in [6.45, 7) is 2.06. The predicted octanol–water partition coefficient (Wildman–Crippen LogP) is 2.36. The second-order valence-corrected chi connectivity index (χ2v) is 5.56. The van der Waals surface area contributed by atoms with Crippen molar-refractivity contribution in [3.63, 3.8) is 0 Å². The van der Waals surface area contributed by atoms with Crippen LogP contribution in [0.15, 0.2) is 17.5 Å². The Kier molecular flexibility index (Phi) is 7.32. The van der Waals surface area contributed by atoms with Gasteiger partial charge in [0.1, 0.15) is 0 Å². The van der Waals surface area contributed by atoms with Gasteiger partial charge in [-0.3, -0.25) is 4.79 Å². The second-order valence-electron chi connectivity index (χ2n) is 4.52. The van der Waals surface area contributed by atoms with Crippen molar-refractivity contribution >= 4 is 29.7 Å². The summed E-state index contributed by atoms with van der Waals surface area (Å²) >= 11 is 1.77. The highest BCUT2D eigenvalue weighted by molar-refractivity contribution is 7.09. The summed E-state index contributed by atoms with van der Waals surface area (Å²) in [4.78, 5) is 13.1. The molecule has 1 aliphatic rings. The molecule has 0 aromatic carbocycles. The standard InChI is InChI=1S/C13H20N2OS.ClH/c16-13(15-11-6-8-14-9-7-11)5-1-3-12-4-2-10-17-12;/h2,4,10-11,14H,1,3,5-9H2,(H,15,16);1H. The fourth-order valence-corrected chi connectivity index (χ4v) is 2.90. The summed E-state index contributed by atoms with van der Waals surface area (Å²) in [5.74, 6) is 0.216. The molecule has 1 aromatic heterocycles. The van der Waals surface area contributed by atoms with Crippen molar-refractivity contribution in [1.82, 2.24) is 10.6 Å². The van der Waals surface area contributed by atoms with Crippen LogP contribution in [0.25, 0.3) is 0 Å². The molecule has 0 spiro atoms. The first kappa shape index (κ1) is 15.5. The van der Waals surface area contributed by atoms with Gasteiger partial charge in [-0.1, -0.05) is 6.07 Å². The van der Waals surface area contributed by atoms with Gasteiger partial charge in [0.15, 0.2) is 0 Å². The van der Waals surface area contributed by atoms with Gasteiger partial charge < -0.3 is 10.6 Å². The maximum atomic E-state index is 11.7. The summed E-state index contributed by atoms with van der Waals surface area (Å²) in [6, 6.07) is 4.59. The number of rotatable bonds is 5. The van der Waals surface area contributed by atoms with E-state index in [2.05, 4.69) is 28.1 Å². The molecule has 102 valence electrons. The van der Waals surface area contributed by atoms with Gasteiger partial charge in [0.2, 0.25) is 5.91 Å². The SMILES string of the molecule is Cl.O=C(CCCc1cccs1)NC1CCNCC1. The molecule has 3 nitrogen and oxygen atoms in total. The van der Waals surface area contributed by atoms with Gasteiger partial charge in [0.05, 0.1) is 0 Å². The first-order chi connectivity index (χ1) is 8.34. The minimum absolute atomic E-state index is 0. The first-order valence-corrected chi connectivity index (χ1v) is 7.25. The molecule has 0 atom stereocenters. The number of aryl methyl sites for hydroxylation is 1. The zero-order valence-electron chi connectivity index (χ0n) is 10.5. The molecule has 2 rings (SSSR count). The highest BCUT2D eigenvalue weighted by atomic mass is 35.5. The summed E-state index contributed by atoms with van der Waals surface area (Å²) in [7, 11) is 0. The van der Waals surface area contributed by atoms with Gasteiger partial charge >= 0.3 is 0 Å². The van der Waals surface area contributed by atoms with Gasteiger partial charge in [0.25, 0.3) is 0 Å². The Bertz CT molecular complexity index is 337. The zero-order chi connectivity index (χ0) is 11.9. The van der Waals surface area contributed by atoms with E-state index < -0.39 is 0 Å². The lowest BCUT2D eigenvalue weighted by Gasteiger charge is -2.23. The molecule has 0 radical (unpaired) electrons. The van der Waals surface area contributed by atoms with Crippen LogP contribution in [0.3, 0.4) is 0 Å². The number of carbonyl (C=O) groups is 1. The molecule has 1 aliphatic heterocycles. The van der Waals surface area contributed by atoms with E-state index in [1.165, 1.54) is 4.88 Å². The third-order valence-electron chi connectivity index (χ3n) is 3.11. The number of hydrogen-bond donors (Lipinski definition) is 2. The van der Waals surface area contributed by atoms with Gasteiger partial charge in [-0.15, -0.1) is 23.7 Å². The van der Waals surface area contributed by atoms with Gasteiger partial charge in [-0.05, 0) is 50.2 Å². The van der Waals surface area contributed by atoms with Crippen LogP contribution in [0.2, 0.25) is 0 Å². The summed E-state index contributed by atoms with van der Waals surface area (Å²) in [5.41, 5.74) is 0. The fraction of sp³-hybridized carbons (Fsp3) is 0.615. The quantitative estimate of drug-likeness (QED) is 0.873. The van der Waals surface area contributed by atoms with E-state index in [9.17, 15) is 4.79 Å². The third-order valence-corrected chi connectivity index (χ3v) is 4.05. The molecule has 0 saturated carbocycles. The Balaban J connectivity index is 0.00000162. The molecule has 1 fully saturated rings. The Morgan fingerprint density at radius 1 is 1.44 bits per heavy atom. The molecular formula is C13H21ClN2OS. The number of nitrogens with one attached hydrogen (secondary N) is 2. The average Bonchev–Trinajstić information content (AvgIpc) is 2.83. The predicted molar refractivity (Wildman–Crippen MR) is 78.5 cm³/mol. The molecule has 1 saturated heterocycles. The van der Waals surface area contributed by atoms with E-state index >= 15 is 0 Å². The van der Waals surface area contributed by atoms with Crippen LogP contribution in [0, 0.1) is 0 Å². The Morgan fingerprint density at radius 3 is 2.89 bits per heavy atom. The smallest absolute Gasteiger partial charge is 0.220 e. The van der Waals surface area contributed by atoms with Gasteiger partial charge in [0, 0.05) is 17.3 Å². The van der Waals surface area contributed by atoms with E-state index in [0.29, 0.717) is 12.5 Å². The van der Waals surface area contributed by atoms with Crippen molar-refractivity contribution in [2.75, 3.05) is 13.1 Å². The molecular weight excluding hydrogens is 268 g/mol. The van der Waals surface area contributed by atoms with Crippen molar-refractivity contribution in [3.05, 3.63) is 22.4 Å². The zero-order valence-corrected chi connectivity index (χ0v) is 12.1. The number of amides is 1. The van der Waals surface area contributed by atoms with E-state index in [-0.39, 0.29) is 18.3 Å². The lowest BCUT2D eigenvalue weighted by atomic mass is 10.1. The summed E-state index contributed by atoms with van der Waals surface area (Å²) in [6.07, 6.45) is 4.77. The molecule has 0 aliphatic carbocycles. The van der Waals surface area contributed by atoms with E-state index in [4.69, 9.17) is 0 Å². The number of halogens is 1. The molecule has 1 aromatic rings. The Hall–Kier alpha value is -0.580. The van der Waals surface area contributed by atoms with E-state index in [0.717, 1.165) is 38.8 Å². The minimum atomic E-state index is 0. The first-order valence-electron chi connectivity index (χ1n) is 6.37. The van der Waals surface area contributed by atoms with Gasteiger partial charge in [-0.25, -0.2) is 0 Å². The summed E-state index contributed by atoms with van der Waals surface area (Å²) in [5, 5.41) is 8.51. The molecule has 18 heavy (non-hydrogen) atoms.